The topological polar surface area (TPSA) is 12.9 Å². The molecule has 1 aromatic carbocycles. The molecule has 0 unspecified atom stereocenters. The van der Waals surface area contributed by atoms with Crippen LogP contribution in [-0.2, 0) is 0 Å². The van der Waals surface area contributed by atoms with Crippen molar-refractivity contribution in [3.05, 3.63) is 51.2 Å². The van der Waals surface area contributed by atoms with Gasteiger partial charge in [0.15, 0.2) is 0 Å². The van der Waals surface area contributed by atoms with Gasteiger partial charge in [-0.2, -0.15) is 0 Å². The van der Waals surface area contributed by atoms with Gasteiger partial charge in [0, 0.05) is 32.5 Å². The highest BCUT2D eigenvalue weighted by Crippen LogP contribution is 2.27. The van der Waals surface area contributed by atoms with E-state index in [-0.39, 0.29) is 0 Å². The summed E-state index contributed by atoms with van der Waals surface area (Å²) in [6.45, 7) is 0. The highest BCUT2D eigenvalue weighted by Gasteiger charge is 2.02. The first-order chi connectivity index (χ1) is 7.15. The zero-order chi connectivity index (χ0) is 10.8. The number of hydrogen-bond acceptors (Lipinski definition) is 1. The average Bonchev–Trinajstić information content (AvgIpc) is 2.16. The van der Waals surface area contributed by atoms with Crippen LogP contribution in [0.2, 0.25) is 10.0 Å². The van der Waals surface area contributed by atoms with Crippen molar-refractivity contribution in [1.29, 1.82) is 0 Å². The maximum Gasteiger partial charge on any atom is 0.0426 e. The van der Waals surface area contributed by atoms with Gasteiger partial charge in [-0.15, -0.1) is 0 Å². The lowest BCUT2D eigenvalue weighted by Crippen LogP contribution is -1.81. The number of hydrogen-bond donors (Lipinski definition) is 0. The fourth-order valence-corrected chi connectivity index (χ4v) is 2.18. The van der Waals surface area contributed by atoms with Crippen LogP contribution in [-0.4, -0.2) is 4.98 Å². The van der Waals surface area contributed by atoms with Crippen LogP contribution < -0.4 is 0 Å². The zero-order valence-corrected chi connectivity index (χ0v) is 10.6. The molecule has 0 amide bonds. The number of aromatic nitrogens is 1. The summed E-state index contributed by atoms with van der Waals surface area (Å²) in [5, 5.41) is 1.25. The number of pyridine rings is 1. The summed E-state index contributed by atoms with van der Waals surface area (Å²) in [5.41, 5.74) is 1.94. The van der Waals surface area contributed by atoms with Crippen LogP contribution in [0.5, 0.6) is 0 Å². The normalized spacial score (nSPS) is 10.3. The molecule has 1 aromatic heterocycles. The zero-order valence-electron chi connectivity index (χ0n) is 7.55. The molecule has 0 aliphatic rings. The Hall–Kier alpha value is -0.570. The SMILES string of the molecule is Clc1cc(Cl)cc(-c2cncc(Br)c2)c1. The fraction of sp³-hybridized carbons (Fsp3) is 0. The third-order valence-electron chi connectivity index (χ3n) is 1.90. The van der Waals surface area contributed by atoms with E-state index in [0.29, 0.717) is 10.0 Å². The van der Waals surface area contributed by atoms with Crippen molar-refractivity contribution in [1.82, 2.24) is 4.98 Å². The number of rotatable bonds is 1. The monoisotopic (exact) mass is 301 g/mol. The molecule has 0 bridgehead atoms. The molecule has 0 spiro atoms. The Bertz CT molecular complexity index is 479. The van der Waals surface area contributed by atoms with Crippen LogP contribution >= 0.6 is 39.1 Å². The van der Waals surface area contributed by atoms with E-state index in [1.807, 2.05) is 18.2 Å². The second kappa shape index (κ2) is 4.52. The lowest BCUT2D eigenvalue weighted by atomic mass is 10.1. The molecule has 0 aliphatic heterocycles. The Balaban J connectivity index is 2.54. The molecule has 15 heavy (non-hydrogen) atoms. The van der Waals surface area contributed by atoms with Gasteiger partial charge in [0.05, 0.1) is 0 Å². The molecule has 0 saturated heterocycles. The molecule has 0 radical (unpaired) electrons. The summed E-state index contributed by atoms with van der Waals surface area (Å²) in [6, 6.07) is 7.39. The summed E-state index contributed by atoms with van der Waals surface area (Å²) >= 11 is 15.2. The van der Waals surface area contributed by atoms with Gasteiger partial charge in [0.25, 0.3) is 0 Å². The first-order valence-corrected chi connectivity index (χ1v) is 5.77. The summed E-state index contributed by atoms with van der Waals surface area (Å²) in [7, 11) is 0. The average molecular weight is 303 g/mol. The minimum absolute atomic E-state index is 0.623. The molecular formula is C11H6BrCl2N. The van der Waals surface area contributed by atoms with Crippen LogP contribution in [0.25, 0.3) is 11.1 Å². The van der Waals surface area contributed by atoms with Gasteiger partial charge >= 0.3 is 0 Å². The highest BCUT2D eigenvalue weighted by molar-refractivity contribution is 9.10. The summed E-state index contributed by atoms with van der Waals surface area (Å²) < 4.78 is 0.927. The molecule has 0 aliphatic carbocycles. The van der Waals surface area contributed by atoms with Crippen molar-refractivity contribution in [2.75, 3.05) is 0 Å². The van der Waals surface area contributed by atoms with Gasteiger partial charge in [-0.1, -0.05) is 23.2 Å². The largest absolute Gasteiger partial charge is 0.263 e. The van der Waals surface area contributed by atoms with Crippen molar-refractivity contribution in [3.8, 4) is 11.1 Å². The summed E-state index contributed by atoms with van der Waals surface area (Å²) in [6.07, 6.45) is 3.50. The predicted octanol–water partition coefficient (Wildman–Crippen LogP) is 4.82. The van der Waals surface area contributed by atoms with E-state index in [4.69, 9.17) is 23.2 Å². The van der Waals surface area contributed by atoms with E-state index < -0.39 is 0 Å². The van der Waals surface area contributed by atoms with Crippen molar-refractivity contribution in [3.63, 3.8) is 0 Å². The van der Waals surface area contributed by atoms with Crippen molar-refractivity contribution < 1.29 is 0 Å². The van der Waals surface area contributed by atoms with Gasteiger partial charge in [0.2, 0.25) is 0 Å². The highest BCUT2D eigenvalue weighted by atomic mass is 79.9. The van der Waals surface area contributed by atoms with Crippen LogP contribution in [0, 0.1) is 0 Å². The van der Waals surface area contributed by atoms with Gasteiger partial charge in [0.1, 0.15) is 0 Å². The maximum absolute atomic E-state index is 5.92. The molecular weight excluding hydrogens is 297 g/mol. The molecule has 76 valence electrons. The summed E-state index contributed by atoms with van der Waals surface area (Å²) in [4.78, 5) is 4.09. The number of nitrogens with zero attached hydrogens (tertiary/aromatic N) is 1. The van der Waals surface area contributed by atoms with Crippen molar-refractivity contribution in [2.45, 2.75) is 0 Å². The molecule has 0 fully saturated rings. The second-order valence-electron chi connectivity index (χ2n) is 3.05. The fourth-order valence-electron chi connectivity index (χ4n) is 1.29. The van der Waals surface area contributed by atoms with Gasteiger partial charge in [-0.25, -0.2) is 0 Å². The van der Waals surface area contributed by atoms with E-state index in [1.54, 1.807) is 18.5 Å². The van der Waals surface area contributed by atoms with Crippen molar-refractivity contribution in [2.24, 2.45) is 0 Å². The molecule has 4 heteroatoms. The standard InChI is InChI=1S/C11H6BrCl2N/c12-9-1-8(5-15-6-9)7-2-10(13)4-11(14)3-7/h1-6H. The van der Waals surface area contributed by atoms with Crippen LogP contribution in [0.3, 0.4) is 0 Å². The Morgan fingerprint density at radius 1 is 0.867 bits per heavy atom. The van der Waals surface area contributed by atoms with Crippen LogP contribution in [0.1, 0.15) is 0 Å². The Morgan fingerprint density at radius 3 is 2.13 bits per heavy atom. The first kappa shape index (κ1) is 10.9. The Morgan fingerprint density at radius 2 is 1.53 bits per heavy atom. The molecule has 1 heterocycles. The maximum atomic E-state index is 5.92. The molecule has 2 rings (SSSR count). The van der Waals surface area contributed by atoms with E-state index in [1.165, 1.54) is 0 Å². The third kappa shape index (κ3) is 2.71. The molecule has 0 N–H and O–H groups in total. The molecule has 2 aromatic rings. The first-order valence-electron chi connectivity index (χ1n) is 4.22. The summed E-state index contributed by atoms with van der Waals surface area (Å²) in [5.74, 6) is 0. The Kier molecular flexibility index (Phi) is 3.29. The lowest BCUT2D eigenvalue weighted by Gasteiger charge is -2.03. The van der Waals surface area contributed by atoms with E-state index >= 15 is 0 Å². The van der Waals surface area contributed by atoms with Gasteiger partial charge < -0.3 is 0 Å². The van der Waals surface area contributed by atoms with E-state index in [9.17, 15) is 0 Å². The number of halogens is 3. The van der Waals surface area contributed by atoms with Gasteiger partial charge in [-0.05, 0) is 45.8 Å². The molecule has 1 nitrogen and oxygen atoms in total. The van der Waals surface area contributed by atoms with Crippen molar-refractivity contribution >= 4 is 39.1 Å². The predicted molar refractivity (Wildman–Crippen MR) is 67.4 cm³/mol. The second-order valence-corrected chi connectivity index (χ2v) is 4.84. The van der Waals surface area contributed by atoms with E-state index in [2.05, 4.69) is 20.9 Å². The van der Waals surface area contributed by atoms with Crippen LogP contribution in [0.4, 0.5) is 0 Å². The molecule has 0 saturated carbocycles. The van der Waals surface area contributed by atoms with Gasteiger partial charge in [-0.3, -0.25) is 4.98 Å². The minimum atomic E-state index is 0.623. The quantitative estimate of drug-likeness (QED) is 0.736. The lowest BCUT2D eigenvalue weighted by molar-refractivity contribution is 1.31. The Labute approximate surface area is 106 Å². The minimum Gasteiger partial charge on any atom is -0.263 e. The van der Waals surface area contributed by atoms with Crippen LogP contribution in [0.15, 0.2) is 41.1 Å². The smallest absolute Gasteiger partial charge is 0.0426 e. The number of benzene rings is 1. The molecule has 0 atom stereocenters. The van der Waals surface area contributed by atoms with E-state index in [0.717, 1.165) is 15.6 Å². The third-order valence-corrected chi connectivity index (χ3v) is 2.77.